The van der Waals surface area contributed by atoms with E-state index in [-0.39, 0.29) is 6.10 Å². The third kappa shape index (κ3) is 3.13. The van der Waals surface area contributed by atoms with Gasteiger partial charge in [0.25, 0.3) is 0 Å². The van der Waals surface area contributed by atoms with Gasteiger partial charge < -0.3 is 14.3 Å². The van der Waals surface area contributed by atoms with Crippen molar-refractivity contribution < 1.29 is 14.3 Å². The number of hydrogen-bond acceptors (Lipinski definition) is 3. The quantitative estimate of drug-likeness (QED) is 0.892. The Morgan fingerprint density at radius 2 is 2.00 bits per heavy atom. The van der Waals surface area contributed by atoms with Crippen LogP contribution in [0, 0.1) is 5.92 Å². The summed E-state index contributed by atoms with van der Waals surface area (Å²) in [5, 5.41) is 10.5. The lowest BCUT2D eigenvalue weighted by molar-refractivity contribution is 0.185. The predicted octanol–water partition coefficient (Wildman–Crippen LogP) is 4.27. The van der Waals surface area contributed by atoms with Crippen molar-refractivity contribution in [1.29, 1.82) is 0 Å². The fraction of sp³-hybridized carbons (Fsp3) is 0.444. The van der Waals surface area contributed by atoms with Gasteiger partial charge >= 0.3 is 0 Å². The number of rotatable bonds is 5. The van der Waals surface area contributed by atoms with E-state index in [0.717, 1.165) is 17.1 Å². The highest BCUT2D eigenvalue weighted by molar-refractivity contribution is 5.33. The lowest BCUT2D eigenvalue weighted by atomic mass is 10.1. The number of ether oxygens (including phenoxy) is 1. The SMILES string of the molecule is CC(C)Oc1cccc(C(O)c2ccc(C3CC3C)o2)c1. The van der Waals surface area contributed by atoms with E-state index in [1.807, 2.05) is 50.2 Å². The van der Waals surface area contributed by atoms with Crippen molar-refractivity contribution >= 4 is 0 Å². The van der Waals surface area contributed by atoms with Crippen molar-refractivity contribution in [1.82, 2.24) is 0 Å². The normalized spacial score (nSPS) is 22.3. The number of benzene rings is 1. The van der Waals surface area contributed by atoms with E-state index in [0.29, 0.717) is 17.6 Å². The molecular weight excluding hydrogens is 264 g/mol. The molecular formula is C18H22O3. The van der Waals surface area contributed by atoms with Crippen molar-refractivity contribution in [3.63, 3.8) is 0 Å². The van der Waals surface area contributed by atoms with Gasteiger partial charge in [0.15, 0.2) is 0 Å². The van der Waals surface area contributed by atoms with Gasteiger partial charge in [0, 0.05) is 5.92 Å². The maximum Gasteiger partial charge on any atom is 0.137 e. The first-order valence-corrected chi connectivity index (χ1v) is 7.59. The van der Waals surface area contributed by atoms with Gasteiger partial charge in [-0.1, -0.05) is 19.1 Å². The zero-order valence-electron chi connectivity index (χ0n) is 12.7. The standard InChI is InChI=1S/C18H22O3/c1-11(2)20-14-6-4-5-13(10-14)18(19)17-8-7-16(21-17)15-9-12(15)3/h4-8,10-12,15,18-19H,9H2,1-3H3. The van der Waals surface area contributed by atoms with Crippen LogP contribution in [0.4, 0.5) is 0 Å². The van der Waals surface area contributed by atoms with Crippen molar-refractivity contribution in [3.8, 4) is 5.75 Å². The first-order chi connectivity index (χ1) is 10.0. The molecule has 3 rings (SSSR count). The van der Waals surface area contributed by atoms with Gasteiger partial charge in [-0.3, -0.25) is 0 Å². The summed E-state index contributed by atoms with van der Waals surface area (Å²) in [4.78, 5) is 0. The summed E-state index contributed by atoms with van der Waals surface area (Å²) < 4.78 is 11.5. The van der Waals surface area contributed by atoms with Crippen LogP contribution in [0.5, 0.6) is 5.75 Å². The second-order valence-corrected chi connectivity index (χ2v) is 6.20. The van der Waals surface area contributed by atoms with Gasteiger partial charge in [-0.15, -0.1) is 0 Å². The smallest absolute Gasteiger partial charge is 0.137 e. The summed E-state index contributed by atoms with van der Waals surface area (Å²) in [5.74, 6) is 3.59. The predicted molar refractivity (Wildman–Crippen MR) is 81.5 cm³/mol. The number of aliphatic hydroxyl groups is 1. The Kier molecular flexibility index (Phi) is 3.77. The minimum absolute atomic E-state index is 0.115. The summed E-state index contributed by atoms with van der Waals surface area (Å²) in [6.45, 7) is 6.19. The zero-order chi connectivity index (χ0) is 15.0. The summed E-state index contributed by atoms with van der Waals surface area (Å²) in [5.41, 5.74) is 0.790. The molecule has 1 fully saturated rings. The molecule has 0 spiro atoms. The molecule has 2 aromatic rings. The van der Waals surface area contributed by atoms with Crippen LogP contribution in [-0.4, -0.2) is 11.2 Å². The van der Waals surface area contributed by atoms with E-state index in [4.69, 9.17) is 9.15 Å². The largest absolute Gasteiger partial charge is 0.491 e. The minimum Gasteiger partial charge on any atom is -0.491 e. The fourth-order valence-electron chi connectivity index (χ4n) is 2.63. The number of hydrogen-bond donors (Lipinski definition) is 1. The fourth-order valence-corrected chi connectivity index (χ4v) is 2.63. The third-order valence-electron chi connectivity index (χ3n) is 3.94. The lowest BCUT2D eigenvalue weighted by Crippen LogP contribution is -2.06. The van der Waals surface area contributed by atoms with Gasteiger partial charge in [0.05, 0.1) is 6.10 Å². The van der Waals surface area contributed by atoms with Crippen LogP contribution < -0.4 is 4.74 Å². The second-order valence-electron chi connectivity index (χ2n) is 6.20. The van der Waals surface area contributed by atoms with Crippen LogP contribution in [0.2, 0.25) is 0 Å². The van der Waals surface area contributed by atoms with Gasteiger partial charge in [-0.2, -0.15) is 0 Å². The molecule has 3 atom stereocenters. The van der Waals surface area contributed by atoms with Crippen molar-refractivity contribution in [3.05, 3.63) is 53.5 Å². The molecule has 0 bridgehead atoms. The summed E-state index contributed by atoms with van der Waals surface area (Å²) in [6.07, 6.45) is 0.549. The van der Waals surface area contributed by atoms with Gasteiger partial charge in [0.2, 0.25) is 0 Å². The molecule has 3 nitrogen and oxygen atoms in total. The summed E-state index contributed by atoms with van der Waals surface area (Å²) in [6, 6.07) is 11.4. The van der Waals surface area contributed by atoms with E-state index in [1.165, 1.54) is 6.42 Å². The topological polar surface area (TPSA) is 42.6 Å². The highest BCUT2D eigenvalue weighted by Crippen LogP contribution is 2.47. The average Bonchev–Trinajstić information content (AvgIpc) is 2.99. The Bertz CT molecular complexity index is 614. The first-order valence-electron chi connectivity index (χ1n) is 7.59. The van der Waals surface area contributed by atoms with E-state index in [1.54, 1.807) is 0 Å². The molecule has 3 heteroatoms. The molecule has 1 saturated carbocycles. The van der Waals surface area contributed by atoms with Crippen molar-refractivity contribution in [2.45, 2.75) is 45.3 Å². The minimum atomic E-state index is -0.747. The summed E-state index contributed by atoms with van der Waals surface area (Å²) in [7, 11) is 0. The summed E-state index contributed by atoms with van der Waals surface area (Å²) >= 11 is 0. The number of aliphatic hydroxyl groups excluding tert-OH is 1. The maximum absolute atomic E-state index is 10.5. The van der Waals surface area contributed by atoms with Gasteiger partial charge in [0.1, 0.15) is 23.4 Å². The molecule has 3 unspecified atom stereocenters. The van der Waals surface area contributed by atoms with Gasteiger partial charge in [-0.05, 0) is 56.0 Å². The van der Waals surface area contributed by atoms with E-state index in [2.05, 4.69) is 6.92 Å². The van der Waals surface area contributed by atoms with Crippen LogP contribution in [0.3, 0.4) is 0 Å². The highest BCUT2D eigenvalue weighted by atomic mass is 16.5. The molecule has 1 aromatic carbocycles. The third-order valence-corrected chi connectivity index (χ3v) is 3.94. The molecule has 112 valence electrons. The van der Waals surface area contributed by atoms with Crippen LogP contribution >= 0.6 is 0 Å². The molecule has 1 heterocycles. The van der Waals surface area contributed by atoms with E-state index >= 15 is 0 Å². The lowest BCUT2D eigenvalue weighted by Gasteiger charge is -2.13. The second kappa shape index (κ2) is 5.57. The highest BCUT2D eigenvalue weighted by Gasteiger charge is 2.37. The average molecular weight is 286 g/mol. The van der Waals surface area contributed by atoms with Crippen LogP contribution in [0.1, 0.15) is 56.3 Å². The van der Waals surface area contributed by atoms with Crippen LogP contribution in [0.15, 0.2) is 40.8 Å². The van der Waals surface area contributed by atoms with E-state index < -0.39 is 6.10 Å². The zero-order valence-corrected chi connectivity index (χ0v) is 12.7. The Hall–Kier alpha value is -1.74. The van der Waals surface area contributed by atoms with Crippen molar-refractivity contribution in [2.24, 2.45) is 5.92 Å². The Morgan fingerprint density at radius 1 is 1.24 bits per heavy atom. The van der Waals surface area contributed by atoms with E-state index in [9.17, 15) is 5.11 Å². The Morgan fingerprint density at radius 3 is 2.67 bits per heavy atom. The molecule has 1 aliphatic rings. The van der Waals surface area contributed by atoms with Gasteiger partial charge in [-0.25, -0.2) is 0 Å². The Labute approximate surface area is 125 Å². The van der Waals surface area contributed by atoms with Crippen LogP contribution in [0.25, 0.3) is 0 Å². The molecule has 1 aromatic heterocycles. The molecule has 0 radical (unpaired) electrons. The monoisotopic (exact) mass is 286 g/mol. The molecule has 0 aliphatic heterocycles. The molecule has 0 saturated heterocycles. The Balaban J connectivity index is 1.78. The number of furan rings is 1. The van der Waals surface area contributed by atoms with Crippen molar-refractivity contribution in [2.75, 3.05) is 0 Å². The molecule has 1 aliphatic carbocycles. The molecule has 1 N–H and O–H groups in total. The van der Waals surface area contributed by atoms with Crippen LogP contribution in [-0.2, 0) is 0 Å². The molecule has 21 heavy (non-hydrogen) atoms. The maximum atomic E-state index is 10.5. The first kappa shape index (κ1) is 14.2. The molecule has 0 amide bonds.